The maximum atomic E-state index is 5.83. The van der Waals surface area contributed by atoms with Gasteiger partial charge in [0.2, 0.25) is 0 Å². The van der Waals surface area contributed by atoms with Gasteiger partial charge in [-0.15, -0.1) is 11.6 Å². The second-order valence-electron chi connectivity index (χ2n) is 3.32. The van der Waals surface area contributed by atoms with Crippen LogP contribution in [0.5, 0.6) is 0 Å². The van der Waals surface area contributed by atoms with E-state index in [4.69, 9.17) is 21.1 Å². The number of ether oxygens (including phenoxy) is 2. The summed E-state index contributed by atoms with van der Waals surface area (Å²) in [6.07, 6.45) is 0. The lowest BCUT2D eigenvalue weighted by Crippen LogP contribution is -2.12. The summed E-state index contributed by atoms with van der Waals surface area (Å²) >= 11 is 5.83. The van der Waals surface area contributed by atoms with Crippen molar-refractivity contribution >= 4 is 17.3 Å². The van der Waals surface area contributed by atoms with Crippen molar-refractivity contribution in [3.63, 3.8) is 0 Å². The lowest BCUT2D eigenvalue weighted by molar-refractivity contribution is 0.0759. The van der Waals surface area contributed by atoms with E-state index in [1.54, 1.807) is 7.11 Å². The van der Waals surface area contributed by atoms with Gasteiger partial charge in [0.1, 0.15) is 0 Å². The third-order valence-electron chi connectivity index (χ3n) is 2.15. The SMILES string of the molecule is COCCOCCNc1ccccc1CCl. The number of nitrogens with one attached hydrogen (secondary N) is 1. The van der Waals surface area contributed by atoms with Crippen LogP contribution < -0.4 is 5.32 Å². The molecule has 0 atom stereocenters. The van der Waals surface area contributed by atoms with Crippen molar-refractivity contribution < 1.29 is 9.47 Å². The van der Waals surface area contributed by atoms with Crippen molar-refractivity contribution in [1.82, 2.24) is 0 Å². The fourth-order valence-corrected chi connectivity index (χ4v) is 1.54. The number of benzene rings is 1. The van der Waals surface area contributed by atoms with Crippen LogP contribution in [0, 0.1) is 0 Å². The minimum Gasteiger partial charge on any atom is -0.382 e. The van der Waals surface area contributed by atoms with Crippen molar-refractivity contribution in [2.45, 2.75) is 5.88 Å². The normalized spacial score (nSPS) is 10.4. The molecule has 0 fully saturated rings. The largest absolute Gasteiger partial charge is 0.382 e. The van der Waals surface area contributed by atoms with Gasteiger partial charge in [-0.05, 0) is 11.6 Å². The number of halogens is 1. The highest BCUT2D eigenvalue weighted by Gasteiger charge is 1.98. The van der Waals surface area contributed by atoms with Crippen LogP contribution in [0.4, 0.5) is 5.69 Å². The maximum absolute atomic E-state index is 5.83. The lowest BCUT2D eigenvalue weighted by Gasteiger charge is -2.10. The fourth-order valence-electron chi connectivity index (χ4n) is 1.31. The summed E-state index contributed by atoms with van der Waals surface area (Å²) in [6, 6.07) is 8.01. The highest BCUT2D eigenvalue weighted by Crippen LogP contribution is 2.16. The van der Waals surface area contributed by atoms with Crippen molar-refractivity contribution in [2.24, 2.45) is 0 Å². The molecule has 1 N–H and O–H groups in total. The Morgan fingerprint density at radius 1 is 1.19 bits per heavy atom. The summed E-state index contributed by atoms with van der Waals surface area (Å²) in [4.78, 5) is 0. The molecule has 0 aliphatic heterocycles. The number of methoxy groups -OCH3 is 1. The fraction of sp³-hybridized carbons (Fsp3) is 0.500. The van der Waals surface area contributed by atoms with Gasteiger partial charge in [0.05, 0.1) is 19.8 Å². The van der Waals surface area contributed by atoms with Crippen LogP contribution in [0.15, 0.2) is 24.3 Å². The number of para-hydroxylation sites is 1. The molecule has 0 spiro atoms. The Hall–Kier alpha value is -0.770. The Morgan fingerprint density at radius 2 is 2.00 bits per heavy atom. The average molecular weight is 244 g/mol. The third-order valence-corrected chi connectivity index (χ3v) is 2.44. The first-order valence-corrected chi connectivity index (χ1v) is 5.86. The Kier molecular flexibility index (Phi) is 6.97. The molecule has 0 aliphatic carbocycles. The zero-order valence-corrected chi connectivity index (χ0v) is 10.3. The second kappa shape index (κ2) is 8.39. The van der Waals surface area contributed by atoms with E-state index in [-0.39, 0.29) is 0 Å². The van der Waals surface area contributed by atoms with Gasteiger partial charge in [-0.2, -0.15) is 0 Å². The Morgan fingerprint density at radius 3 is 2.75 bits per heavy atom. The van der Waals surface area contributed by atoms with Gasteiger partial charge in [0, 0.05) is 25.2 Å². The average Bonchev–Trinajstić information content (AvgIpc) is 2.34. The zero-order chi connectivity index (χ0) is 11.6. The molecular weight excluding hydrogens is 226 g/mol. The lowest BCUT2D eigenvalue weighted by atomic mass is 10.2. The molecule has 0 aliphatic rings. The van der Waals surface area contributed by atoms with Gasteiger partial charge in [-0.25, -0.2) is 0 Å². The van der Waals surface area contributed by atoms with Gasteiger partial charge in [0.15, 0.2) is 0 Å². The van der Waals surface area contributed by atoms with Gasteiger partial charge >= 0.3 is 0 Å². The number of rotatable bonds is 8. The van der Waals surface area contributed by atoms with Crippen molar-refractivity contribution in [3.05, 3.63) is 29.8 Å². The molecule has 0 radical (unpaired) electrons. The molecule has 90 valence electrons. The number of hydrogen-bond donors (Lipinski definition) is 1. The minimum atomic E-state index is 0.522. The molecule has 0 saturated carbocycles. The predicted molar refractivity (Wildman–Crippen MR) is 67.2 cm³/mol. The zero-order valence-electron chi connectivity index (χ0n) is 9.54. The summed E-state index contributed by atoms with van der Waals surface area (Å²) < 4.78 is 10.2. The molecule has 1 aromatic rings. The van der Waals surface area contributed by atoms with Crippen LogP contribution in [0.2, 0.25) is 0 Å². The van der Waals surface area contributed by atoms with E-state index < -0.39 is 0 Å². The van der Waals surface area contributed by atoms with E-state index in [0.29, 0.717) is 25.7 Å². The third kappa shape index (κ3) is 4.84. The van der Waals surface area contributed by atoms with E-state index in [1.165, 1.54) is 0 Å². The van der Waals surface area contributed by atoms with E-state index >= 15 is 0 Å². The van der Waals surface area contributed by atoms with Gasteiger partial charge in [-0.3, -0.25) is 0 Å². The molecule has 0 bridgehead atoms. The molecule has 4 heteroatoms. The van der Waals surface area contributed by atoms with Crippen LogP contribution in [0.25, 0.3) is 0 Å². The molecule has 0 saturated heterocycles. The molecule has 1 aromatic carbocycles. The Bertz CT molecular complexity index is 294. The first-order valence-electron chi connectivity index (χ1n) is 5.33. The molecule has 0 amide bonds. The molecule has 3 nitrogen and oxygen atoms in total. The quantitative estimate of drug-likeness (QED) is 0.562. The van der Waals surface area contributed by atoms with E-state index in [1.807, 2.05) is 24.3 Å². The number of alkyl halides is 1. The van der Waals surface area contributed by atoms with Crippen LogP contribution in [0.1, 0.15) is 5.56 Å². The van der Waals surface area contributed by atoms with Crippen LogP contribution >= 0.6 is 11.6 Å². The molecule has 16 heavy (non-hydrogen) atoms. The highest BCUT2D eigenvalue weighted by atomic mass is 35.5. The molecule has 0 unspecified atom stereocenters. The second-order valence-corrected chi connectivity index (χ2v) is 3.59. The molecule has 0 heterocycles. The monoisotopic (exact) mass is 243 g/mol. The summed E-state index contributed by atoms with van der Waals surface area (Å²) in [7, 11) is 1.67. The summed E-state index contributed by atoms with van der Waals surface area (Å²) in [5.41, 5.74) is 2.19. The smallest absolute Gasteiger partial charge is 0.0701 e. The minimum absolute atomic E-state index is 0.522. The van der Waals surface area contributed by atoms with E-state index in [9.17, 15) is 0 Å². The van der Waals surface area contributed by atoms with E-state index in [0.717, 1.165) is 17.8 Å². The van der Waals surface area contributed by atoms with Crippen molar-refractivity contribution in [1.29, 1.82) is 0 Å². The highest BCUT2D eigenvalue weighted by molar-refractivity contribution is 6.17. The van der Waals surface area contributed by atoms with Gasteiger partial charge in [-0.1, -0.05) is 18.2 Å². The maximum Gasteiger partial charge on any atom is 0.0701 e. The summed E-state index contributed by atoms with van der Waals surface area (Å²) in [6.45, 7) is 2.71. The summed E-state index contributed by atoms with van der Waals surface area (Å²) in [5.74, 6) is 0.522. The van der Waals surface area contributed by atoms with Crippen molar-refractivity contribution in [3.8, 4) is 0 Å². The first-order chi connectivity index (χ1) is 7.88. The Balaban J connectivity index is 2.21. The van der Waals surface area contributed by atoms with Crippen LogP contribution in [-0.4, -0.2) is 33.5 Å². The predicted octanol–water partition coefficient (Wildman–Crippen LogP) is 2.50. The van der Waals surface area contributed by atoms with Crippen molar-refractivity contribution in [2.75, 3.05) is 38.8 Å². The topological polar surface area (TPSA) is 30.5 Å². The number of hydrogen-bond acceptors (Lipinski definition) is 3. The van der Waals surface area contributed by atoms with Crippen LogP contribution in [0.3, 0.4) is 0 Å². The number of anilines is 1. The van der Waals surface area contributed by atoms with E-state index in [2.05, 4.69) is 5.32 Å². The molecule has 0 aromatic heterocycles. The molecule has 1 rings (SSSR count). The van der Waals surface area contributed by atoms with Gasteiger partial charge < -0.3 is 14.8 Å². The van der Waals surface area contributed by atoms with Crippen LogP contribution in [-0.2, 0) is 15.4 Å². The first kappa shape index (κ1) is 13.3. The summed E-state index contributed by atoms with van der Waals surface area (Å²) in [5, 5.41) is 3.29. The van der Waals surface area contributed by atoms with Gasteiger partial charge in [0.25, 0.3) is 0 Å². The standard InChI is InChI=1S/C12H18ClNO2/c1-15-8-9-16-7-6-14-12-5-3-2-4-11(12)10-13/h2-5,14H,6-10H2,1H3. The Labute approximate surface area is 102 Å². The molecular formula is C12H18ClNO2.